The van der Waals surface area contributed by atoms with Crippen molar-refractivity contribution in [3.63, 3.8) is 0 Å². The summed E-state index contributed by atoms with van der Waals surface area (Å²) in [4.78, 5) is 28.5. The van der Waals surface area contributed by atoms with Crippen molar-refractivity contribution in [3.8, 4) is 0 Å². The minimum absolute atomic E-state index is 0.0153. The molecule has 2 atom stereocenters. The first kappa shape index (κ1) is 19.2. The van der Waals surface area contributed by atoms with Gasteiger partial charge < -0.3 is 14.2 Å². The van der Waals surface area contributed by atoms with E-state index in [9.17, 15) is 14.9 Å². The van der Waals surface area contributed by atoms with Crippen molar-refractivity contribution in [2.24, 2.45) is 5.92 Å². The molecule has 7 heteroatoms. The van der Waals surface area contributed by atoms with Crippen LogP contribution in [0.2, 0.25) is 0 Å². The van der Waals surface area contributed by atoms with Gasteiger partial charge in [0, 0.05) is 36.7 Å². The molecule has 7 nitrogen and oxygen atoms in total. The molecule has 2 saturated carbocycles. The van der Waals surface area contributed by atoms with Crippen molar-refractivity contribution in [2.45, 2.75) is 57.5 Å². The van der Waals surface area contributed by atoms with E-state index in [2.05, 4.69) is 6.92 Å². The monoisotopic (exact) mass is 409 g/mol. The SMILES string of the molecule is CC1CC1c1ccc(CN(C(=O)c2ccc(N3CCCC3)c([N+](=O)[O-])c2)C2CC2)o1. The molecule has 1 amide bonds. The third-order valence-electron chi connectivity index (χ3n) is 6.60. The molecule has 0 spiro atoms. The highest BCUT2D eigenvalue weighted by molar-refractivity contribution is 5.96. The molecule has 2 unspecified atom stereocenters. The molecule has 1 saturated heterocycles. The minimum atomic E-state index is -0.374. The van der Waals surface area contributed by atoms with Gasteiger partial charge in [0.15, 0.2) is 0 Å². The van der Waals surface area contributed by atoms with Gasteiger partial charge in [-0.15, -0.1) is 0 Å². The zero-order valence-corrected chi connectivity index (χ0v) is 17.3. The number of amides is 1. The van der Waals surface area contributed by atoms with Crippen LogP contribution in [0.3, 0.4) is 0 Å². The van der Waals surface area contributed by atoms with Gasteiger partial charge in [-0.25, -0.2) is 0 Å². The van der Waals surface area contributed by atoms with Gasteiger partial charge in [0.2, 0.25) is 0 Å². The van der Waals surface area contributed by atoms with Gasteiger partial charge in [-0.3, -0.25) is 14.9 Å². The van der Waals surface area contributed by atoms with E-state index in [0.29, 0.717) is 29.6 Å². The maximum Gasteiger partial charge on any atom is 0.293 e. The molecule has 2 aromatic rings. The maximum atomic E-state index is 13.3. The lowest BCUT2D eigenvalue weighted by molar-refractivity contribution is -0.384. The molecule has 0 radical (unpaired) electrons. The van der Waals surface area contributed by atoms with E-state index in [-0.39, 0.29) is 22.6 Å². The fourth-order valence-corrected chi connectivity index (χ4v) is 4.51. The van der Waals surface area contributed by atoms with Crippen molar-refractivity contribution in [3.05, 3.63) is 57.5 Å². The Hall–Kier alpha value is -2.83. The highest BCUT2D eigenvalue weighted by Gasteiger charge is 2.38. The van der Waals surface area contributed by atoms with Crippen molar-refractivity contribution in [1.29, 1.82) is 0 Å². The van der Waals surface area contributed by atoms with Crippen LogP contribution in [0.5, 0.6) is 0 Å². The molecule has 1 aromatic heterocycles. The fraction of sp³-hybridized carbons (Fsp3) is 0.522. The predicted octanol–water partition coefficient (Wildman–Crippen LogP) is 4.72. The summed E-state index contributed by atoms with van der Waals surface area (Å²) in [6.07, 6.45) is 5.17. The molecular weight excluding hydrogens is 382 g/mol. The van der Waals surface area contributed by atoms with E-state index in [1.165, 1.54) is 6.07 Å². The second-order valence-corrected chi connectivity index (χ2v) is 8.94. The lowest BCUT2D eigenvalue weighted by Crippen LogP contribution is -2.32. The number of nitro groups is 1. The fourth-order valence-electron chi connectivity index (χ4n) is 4.51. The number of hydrogen-bond acceptors (Lipinski definition) is 5. The summed E-state index contributed by atoms with van der Waals surface area (Å²) in [5.41, 5.74) is 1.00. The van der Waals surface area contributed by atoms with Gasteiger partial charge in [0.1, 0.15) is 17.2 Å². The highest BCUT2D eigenvalue weighted by Crippen LogP contribution is 2.47. The zero-order chi connectivity index (χ0) is 20.8. The Morgan fingerprint density at radius 1 is 1.23 bits per heavy atom. The Kier molecular flexibility index (Phi) is 4.76. The Bertz CT molecular complexity index is 975. The summed E-state index contributed by atoms with van der Waals surface area (Å²) in [6.45, 7) is 4.27. The van der Waals surface area contributed by atoms with E-state index in [0.717, 1.165) is 56.7 Å². The van der Waals surface area contributed by atoms with Crippen LogP contribution in [0.4, 0.5) is 11.4 Å². The van der Waals surface area contributed by atoms with Crippen LogP contribution in [0.15, 0.2) is 34.7 Å². The third-order valence-corrected chi connectivity index (χ3v) is 6.60. The van der Waals surface area contributed by atoms with Crippen LogP contribution in [-0.2, 0) is 6.54 Å². The Morgan fingerprint density at radius 2 is 1.97 bits per heavy atom. The van der Waals surface area contributed by atoms with Crippen LogP contribution < -0.4 is 4.90 Å². The molecule has 0 N–H and O–H groups in total. The number of benzene rings is 1. The standard InChI is InChI=1S/C23H27N3O4/c1-15-12-19(15)22-9-7-18(30-22)14-25(17-5-6-17)23(27)16-4-8-20(21(13-16)26(28)29)24-10-2-3-11-24/h4,7-9,13,15,17,19H,2-3,5-6,10-12,14H2,1H3. The first-order valence-electron chi connectivity index (χ1n) is 10.9. The van der Waals surface area contributed by atoms with Crippen LogP contribution >= 0.6 is 0 Å². The van der Waals surface area contributed by atoms with Crippen molar-refractivity contribution < 1.29 is 14.1 Å². The molecule has 30 heavy (non-hydrogen) atoms. The average Bonchev–Trinajstić information content (AvgIpc) is 3.59. The van der Waals surface area contributed by atoms with Crippen LogP contribution in [0.25, 0.3) is 0 Å². The number of anilines is 1. The van der Waals surface area contributed by atoms with Gasteiger partial charge in [-0.05, 0) is 62.3 Å². The quantitative estimate of drug-likeness (QED) is 0.488. The van der Waals surface area contributed by atoms with Crippen molar-refractivity contribution in [1.82, 2.24) is 4.90 Å². The summed E-state index contributed by atoms with van der Waals surface area (Å²) in [5.74, 6) is 2.80. The number of nitro benzene ring substituents is 1. The molecule has 1 aromatic carbocycles. The lowest BCUT2D eigenvalue weighted by Gasteiger charge is -2.22. The summed E-state index contributed by atoms with van der Waals surface area (Å²) in [6, 6.07) is 9.09. The van der Waals surface area contributed by atoms with Gasteiger partial charge in [0.25, 0.3) is 11.6 Å². The second kappa shape index (κ2) is 7.45. The molecular formula is C23H27N3O4. The Labute approximate surface area is 175 Å². The lowest BCUT2D eigenvalue weighted by atomic mass is 10.1. The first-order chi connectivity index (χ1) is 14.5. The summed E-state index contributed by atoms with van der Waals surface area (Å²) >= 11 is 0. The number of carbonyl (C=O) groups excluding carboxylic acids is 1. The molecule has 1 aliphatic heterocycles. The van der Waals surface area contributed by atoms with Crippen LogP contribution in [-0.4, -0.2) is 34.9 Å². The summed E-state index contributed by atoms with van der Waals surface area (Å²) in [7, 11) is 0. The molecule has 0 bridgehead atoms. The summed E-state index contributed by atoms with van der Waals surface area (Å²) < 4.78 is 6.01. The Balaban J connectivity index is 1.38. The third kappa shape index (κ3) is 3.68. The first-order valence-corrected chi connectivity index (χ1v) is 10.9. The number of rotatable bonds is 7. The van der Waals surface area contributed by atoms with Crippen LogP contribution in [0, 0.1) is 16.0 Å². The van der Waals surface area contributed by atoms with E-state index in [4.69, 9.17) is 4.42 Å². The van der Waals surface area contributed by atoms with E-state index < -0.39 is 0 Å². The van der Waals surface area contributed by atoms with Crippen molar-refractivity contribution >= 4 is 17.3 Å². The molecule has 3 fully saturated rings. The number of hydrogen-bond donors (Lipinski definition) is 0. The van der Waals surface area contributed by atoms with E-state index >= 15 is 0 Å². The number of furan rings is 1. The van der Waals surface area contributed by atoms with Gasteiger partial charge >= 0.3 is 0 Å². The molecule has 2 heterocycles. The molecule has 5 rings (SSSR count). The topological polar surface area (TPSA) is 79.8 Å². The molecule has 3 aliphatic rings. The molecule has 2 aliphatic carbocycles. The smallest absolute Gasteiger partial charge is 0.293 e. The highest BCUT2D eigenvalue weighted by atomic mass is 16.6. The minimum Gasteiger partial charge on any atom is -0.464 e. The average molecular weight is 409 g/mol. The van der Waals surface area contributed by atoms with E-state index in [1.54, 1.807) is 12.1 Å². The van der Waals surface area contributed by atoms with Gasteiger partial charge in [0.05, 0.1) is 11.5 Å². The van der Waals surface area contributed by atoms with Crippen LogP contribution in [0.1, 0.15) is 66.8 Å². The van der Waals surface area contributed by atoms with Gasteiger partial charge in [-0.2, -0.15) is 0 Å². The van der Waals surface area contributed by atoms with Crippen molar-refractivity contribution in [2.75, 3.05) is 18.0 Å². The molecule has 158 valence electrons. The predicted molar refractivity (Wildman–Crippen MR) is 113 cm³/mol. The van der Waals surface area contributed by atoms with E-state index in [1.807, 2.05) is 21.9 Å². The largest absolute Gasteiger partial charge is 0.464 e. The summed E-state index contributed by atoms with van der Waals surface area (Å²) in [5, 5.41) is 11.7. The Morgan fingerprint density at radius 3 is 2.60 bits per heavy atom. The number of carbonyl (C=O) groups is 1. The maximum absolute atomic E-state index is 13.3. The normalized spacial score (nSPS) is 22.9. The zero-order valence-electron chi connectivity index (χ0n) is 17.3. The second-order valence-electron chi connectivity index (χ2n) is 8.94. The number of nitrogens with zero attached hydrogens (tertiary/aromatic N) is 3. The van der Waals surface area contributed by atoms with Gasteiger partial charge in [-0.1, -0.05) is 6.92 Å².